The summed E-state index contributed by atoms with van der Waals surface area (Å²) in [5, 5.41) is 3.98. The highest BCUT2D eigenvalue weighted by atomic mass is 35.5. The Kier molecular flexibility index (Phi) is 4.46. The quantitative estimate of drug-likeness (QED) is 0.660. The van der Waals surface area contributed by atoms with Crippen LogP contribution in [-0.4, -0.2) is 19.1 Å². The maximum Gasteiger partial charge on any atom is 0.0976 e. The minimum absolute atomic E-state index is 0.750. The van der Waals surface area contributed by atoms with Crippen LogP contribution in [0.1, 0.15) is 10.6 Å². The Balaban J connectivity index is 1.75. The maximum atomic E-state index is 5.93. The van der Waals surface area contributed by atoms with Gasteiger partial charge in [0, 0.05) is 42.2 Å². The number of benzene rings is 2. The largest absolute Gasteiger partial charge is 0.378 e. The van der Waals surface area contributed by atoms with E-state index in [9.17, 15) is 0 Å². The van der Waals surface area contributed by atoms with Crippen LogP contribution in [0.25, 0.3) is 11.3 Å². The number of hydrogen-bond acceptors (Lipinski definition) is 3. The number of anilines is 1. The lowest BCUT2D eigenvalue weighted by molar-refractivity contribution is 1.11. The van der Waals surface area contributed by atoms with Gasteiger partial charge in [0.2, 0.25) is 0 Å². The van der Waals surface area contributed by atoms with Gasteiger partial charge in [0.1, 0.15) is 0 Å². The Morgan fingerprint density at radius 1 is 1.00 bits per heavy atom. The highest BCUT2D eigenvalue weighted by Gasteiger charge is 2.06. The summed E-state index contributed by atoms with van der Waals surface area (Å²) in [6.45, 7) is 0. The topological polar surface area (TPSA) is 16.1 Å². The summed E-state index contributed by atoms with van der Waals surface area (Å²) in [5.41, 5.74) is 4.61. The molecule has 0 aliphatic carbocycles. The van der Waals surface area contributed by atoms with Crippen molar-refractivity contribution in [1.29, 1.82) is 0 Å². The van der Waals surface area contributed by atoms with Crippen LogP contribution in [0, 0.1) is 0 Å². The Morgan fingerprint density at radius 3 is 2.32 bits per heavy atom. The molecule has 2 nitrogen and oxygen atoms in total. The summed E-state index contributed by atoms with van der Waals surface area (Å²) in [4.78, 5) is 6.83. The summed E-state index contributed by atoms with van der Waals surface area (Å²) in [7, 11) is 4.10. The third-order valence-electron chi connectivity index (χ3n) is 3.50. The van der Waals surface area contributed by atoms with E-state index < -0.39 is 0 Å². The number of hydrogen-bond donors (Lipinski definition) is 0. The lowest BCUT2D eigenvalue weighted by atomic mass is 10.1. The van der Waals surface area contributed by atoms with Crippen LogP contribution in [0.15, 0.2) is 53.9 Å². The Bertz CT molecular complexity index is 746. The lowest BCUT2D eigenvalue weighted by Crippen LogP contribution is -2.08. The zero-order chi connectivity index (χ0) is 15.5. The molecular weight excluding hydrogens is 312 g/mol. The van der Waals surface area contributed by atoms with Crippen molar-refractivity contribution in [3.05, 3.63) is 69.5 Å². The Hall–Kier alpha value is -1.84. The predicted molar refractivity (Wildman–Crippen MR) is 96.1 cm³/mol. The fourth-order valence-corrected chi connectivity index (χ4v) is 3.20. The van der Waals surface area contributed by atoms with Gasteiger partial charge in [-0.2, -0.15) is 0 Å². The molecule has 2 aromatic carbocycles. The molecule has 0 saturated heterocycles. The first-order valence-electron chi connectivity index (χ1n) is 7.08. The third-order valence-corrected chi connectivity index (χ3v) is 4.60. The van der Waals surface area contributed by atoms with Crippen molar-refractivity contribution >= 4 is 28.6 Å². The number of halogens is 1. The van der Waals surface area contributed by atoms with Crippen LogP contribution in [0.3, 0.4) is 0 Å². The summed E-state index contributed by atoms with van der Waals surface area (Å²) >= 11 is 7.62. The normalized spacial score (nSPS) is 10.7. The zero-order valence-corrected chi connectivity index (χ0v) is 14.2. The van der Waals surface area contributed by atoms with E-state index in [4.69, 9.17) is 16.6 Å². The molecule has 0 bridgehead atoms. The molecule has 1 aromatic heterocycles. The predicted octanol–water partition coefficient (Wildman–Crippen LogP) is 5.12. The molecule has 0 spiro atoms. The van der Waals surface area contributed by atoms with Gasteiger partial charge in [-0.3, -0.25) is 0 Å². The van der Waals surface area contributed by atoms with E-state index >= 15 is 0 Å². The molecule has 0 amide bonds. The third kappa shape index (κ3) is 3.49. The van der Waals surface area contributed by atoms with Crippen molar-refractivity contribution < 1.29 is 0 Å². The van der Waals surface area contributed by atoms with E-state index in [0.29, 0.717) is 0 Å². The first kappa shape index (κ1) is 15.1. The molecule has 3 aromatic rings. The van der Waals surface area contributed by atoms with Crippen molar-refractivity contribution in [1.82, 2.24) is 4.98 Å². The average molecular weight is 329 g/mol. The second-order valence-corrected chi connectivity index (χ2v) is 6.75. The van der Waals surface area contributed by atoms with Gasteiger partial charge in [-0.05, 0) is 29.8 Å². The first-order valence-corrected chi connectivity index (χ1v) is 8.34. The number of rotatable bonds is 4. The highest BCUT2D eigenvalue weighted by molar-refractivity contribution is 7.10. The first-order chi connectivity index (χ1) is 10.6. The van der Waals surface area contributed by atoms with Gasteiger partial charge in [0.25, 0.3) is 0 Å². The molecule has 112 valence electrons. The molecule has 0 N–H and O–H groups in total. The molecular formula is C18H17ClN2S. The van der Waals surface area contributed by atoms with Crippen molar-refractivity contribution in [2.75, 3.05) is 19.0 Å². The summed E-state index contributed by atoms with van der Waals surface area (Å²) in [5.74, 6) is 0. The van der Waals surface area contributed by atoms with E-state index in [1.807, 2.05) is 38.4 Å². The highest BCUT2D eigenvalue weighted by Crippen LogP contribution is 2.25. The number of thiazole rings is 1. The monoisotopic (exact) mass is 328 g/mol. The SMILES string of the molecule is CN(C)c1ccc(Cc2nc(-c3ccc(Cl)cc3)cs2)cc1. The molecule has 0 fully saturated rings. The molecule has 0 aliphatic rings. The minimum atomic E-state index is 0.750. The van der Waals surface area contributed by atoms with E-state index in [2.05, 4.69) is 34.5 Å². The molecule has 0 unspecified atom stereocenters. The van der Waals surface area contributed by atoms with E-state index in [1.54, 1.807) is 11.3 Å². The van der Waals surface area contributed by atoms with Gasteiger partial charge < -0.3 is 4.90 Å². The molecule has 0 atom stereocenters. The van der Waals surface area contributed by atoms with Crippen LogP contribution in [0.5, 0.6) is 0 Å². The van der Waals surface area contributed by atoms with Gasteiger partial charge >= 0.3 is 0 Å². The minimum Gasteiger partial charge on any atom is -0.378 e. The molecule has 0 radical (unpaired) electrons. The summed E-state index contributed by atoms with van der Waals surface area (Å²) in [6.07, 6.45) is 0.867. The van der Waals surface area contributed by atoms with Crippen LogP contribution >= 0.6 is 22.9 Å². The smallest absolute Gasteiger partial charge is 0.0976 e. The van der Waals surface area contributed by atoms with Crippen LogP contribution in [0.4, 0.5) is 5.69 Å². The van der Waals surface area contributed by atoms with Gasteiger partial charge in [-0.25, -0.2) is 4.98 Å². The molecule has 0 saturated carbocycles. The standard InChI is InChI=1S/C18H17ClN2S/c1-21(2)16-9-3-13(4-10-16)11-18-20-17(12-22-18)14-5-7-15(19)8-6-14/h3-10,12H,11H2,1-2H3. The van der Waals surface area contributed by atoms with Crippen molar-refractivity contribution in [3.63, 3.8) is 0 Å². The van der Waals surface area contributed by atoms with Crippen molar-refractivity contribution in [3.8, 4) is 11.3 Å². The van der Waals surface area contributed by atoms with Crippen LogP contribution in [-0.2, 0) is 6.42 Å². The summed E-state index contributed by atoms with van der Waals surface area (Å²) in [6, 6.07) is 16.4. The fourth-order valence-electron chi connectivity index (χ4n) is 2.23. The second kappa shape index (κ2) is 6.51. The molecule has 3 rings (SSSR count). The molecule has 0 aliphatic heterocycles. The van der Waals surface area contributed by atoms with Crippen LogP contribution < -0.4 is 4.90 Å². The van der Waals surface area contributed by atoms with E-state index in [0.717, 1.165) is 27.7 Å². The number of aromatic nitrogens is 1. The van der Waals surface area contributed by atoms with Gasteiger partial charge in [-0.15, -0.1) is 11.3 Å². The average Bonchev–Trinajstić information content (AvgIpc) is 2.97. The second-order valence-electron chi connectivity index (χ2n) is 5.37. The van der Waals surface area contributed by atoms with Gasteiger partial charge in [0.15, 0.2) is 0 Å². The molecule has 4 heteroatoms. The fraction of sp³-hybridized carbons (Fsp3) is 0.167. The summed E-state index contributed by atoms with van der Waals surface area (Å²) < 4.78 is 0. The van der Waals surface area contributed by atoms with Gasteiger partial charge in [-0.1, -0.05) is 35.9 Å². The molecule has 1 heterocycles. The van der Waals surface area contributed by atoms with Crippen LogP contribution in [0.2, 0.25) is 5.02 Å². The number of nitrogens with zero attached hydrogens (tertiary/aromatic N) is 2. The molecule has 22 heavy (non-hydrogen) atoms. The van der Waals surface area contributed by atoms with E-state index in [-0.39, 0.29) is 0 Å². The van der Waals surface area contributed by atoms with Gasteiger partial charge in [0.05, 0.1) is 10.7 Å². The van der Waals surface area contributed by atoms with Crippen molar-refractivity contribution in [2.45, 2.75) is 6.42 Å². The van der Waals surface area contributed by atoms with Crippen molar-refractivity contribution in [2.24, 2.45) is 0 Å². The lowest BCUT2D eigenvalue weighted by Gasteiger charge is -2.12. The maximum absolute atomic E-state index is 5.93. The van der Waals surface area contributed by atoms with E-state index in [1.165, 1.54) is 11.3 Å². The Morgan fingerprint density at radius 2 is 1.68 bits per heavy atom. The Labute approximate surface area is 140 Å². The zero-order valence-electron chi connectivity index (χ0n) is 12.6.